The van der Waals surface area contributed by atoms with Gasteiger partial charge in [0.05, 0.1) is 11.6 Å². The number of hydrogen-bond donors (Lipinski definition) is 1. The van der Waals surface area contributed by atoms with Crippen molar-refractivity contribution in [3.8, 4) is 0 Å². The molecule has 0 amide bonds. The zero-order valence-corrected chi connectivity index (χ0v) is 10.0. The van der Waals surface area contributed by atoms with Gasteiger partial charge >= 0.3 is 0 Å². The molecule has 1 atom stereocenters. The van der Waals surface area contributed by atoms with E-state index in [2.05, 4.69) is 43.2 Å². The Bertz CT molecular complexity index is 384. The Morgan fingerprint density at radius 1 is 1.31 bits per heavy atom. The number of ether oxygens (including phenoxy) is 1. The van der Waals surface area contributed by atoms with E-state index in [9.17, 15) is 0 Å². The molecule has 1 aliphatic heterocycles. The molecule has 16 heavy (non-hydrogen) atoms. The first-order valence-electron chi connectivity index (χ1n) is 5.60. The molecule has 0 aromatic heterocycles. The van der Waals surface area contributed by atoms with E-state index in [1.165, 1.54) is 5.56 Å². The molecule has 3 nitrogen and oxygen atoms in total. The fourth-order valence-corrected chi connectivity index (χ4v) is 1.66. The molecule has 1 unspecified atom stereocenters. The number of hydrogen-bond acceptors (Lipinski definition) is 2. The van der Waals surface area contributed by atoms with Crippen molar-refractivity contribution >= 4 is 6.02 Å². The summed E-state index contributed by atoms with van der Waals surface area (Å²) in [6.45, 7) is 6.94. The molecule has 1 aliphatic rings. The molecule has 1 fully saturated rings. The van der Waals surface area contributed by atoms with Gasteiger partial charge in [0.2, 0.25) is 0 Å². The maximum Gasteiger partial charge on any atom is 0.285 e. The van der Waals surface area contributed by atoms with Crippen LogP contribution in [0.5, 0.6) is 0 Å². The Kier molecular flexibility index (Phi) is 2.86. The van der Waals surface area contributed by atoms with Gasteiger partial charge in [0.25, 0.3) is 6.02 Å². The molecule has 0 spiro atoms. The van der Waals surface area contributed by atoms with Crippen LogP contribution in [-0.2, 0) is 4.74 Å². The highest BCUT2D eigenvalue weighted by Gasteiger charge is 2.28. The highest BCUT2D eigenvalue weighted by atomic mass is 16.5. The van der Waals surface area contributed by atoms with E-state index in [1.807, 2.05) is 18.2 Å². The molecule has 1 aromatic rings. The van der Waals surface area contributed by atoms with Gasteiger partial charge in [-0.3, -0.25) is 0 Å². The van der Waals surface area contributed by atoms with Gasteiger partial charge in [-0.25, -0.2) is 4.99 Å². The van der Waals surface area contributed by atoms with Crippen LogP contribution in [0.1, 0.15) is 32.4 Å². The van der Waals surface area contributed by atoms with Gasteiger partial charge in [-0.2, -0.15) is 0 Å². The van der Waals surface area contributed by atoms with Gasteiger partial charge in [0.15, 0.2) is 0 Å². The summed E-state index contributed by atoms with van der Waals surface area (Å²) in [6, 6.07) is 11.0. The summed E-state index contributed by atoms with van der Waals surface area (Å²) >= 11 is 0. The van der Waals surface area contributed by atoms with Crippen molar-refractivity contribution in [2.24, 2.45) is 4.99 Å². The molecule has 86 valence electrons. The number of benzene rings is 1. The van der Waals surface area contributed by atoms with Crippen molar-refractivity contribution < 1.29 is 4.74 Å². The molecule has 1 saturated heterocycles. The standard InChI is InChI=1S/C13H18N2O/c1-10(11-7-5-4-6-8-11)14-12-15-13(2,3)9-16-12/h4-8,10H,9H2,1-3H3,(H,14,15). The summed E-state index contributed by atoms with van der Waals surface area (Å²) in [6.07, 6.45) is 0. The zero-order valence-electron chi connectivity index (χ0n) is 10.0. The van der Waals surface area contributed by atoms with Crippen molar-refractivity contribution in [3.63, 3.8) is 0 Å². The van der Waals surface area contributed by atoms with E-state index in [0.29, 0.717) is 12.6 Å². The molecule has 0 aliphatic carbocycles. The van der Waals surface area contributed by atoms with Crippen LogP contribution in [0, 0.1) is 0 Å². The molecule has 1 heterocycles. The third-order valence-electron chi connectivity index (χ3n) is 2.61. The number of nitrogens with one attached hydrogen (secondary N) is 1. The molecule has 0 bridgehead atoms. The number of amidine groups is 1. The third kappa shape index (κ3) is 2.54. The van der Waals surface area contributed by atoms with Gasteiger partial charge < -0.3 is 10.1 Å². The van der Waals surface area contributed by atoms with E-state index in [1.54, 1.807) is 0 Å². The Balaban J connectivity index is 2.08. The predicted molar refractivity (Wildman–Crippen MR) is 65.5 cm³/mol. The molecule has 1 aromatic carbocycles. The average Bonchev–Trinajstić information content (AvgIpc) is 2.59. The summed E-state index contributed by atoms with van der Waals surface area (Å²) in [5.74, 6) is 0. The first-order valence-corrected chi connectivity index (χ1v) is 5.60. The van der Waals surface area contributed by atoms with Crippen LogP contribution in [0.2, 0.25) is 0 Å². The summed E-state index contributed by atoms with van der Waals surface area (Å²) in [5.41, 5.74) is 1.19. The largest absolute Gasteiger partial charge is 0.463 e. The normalized spacial score (nSPS) is 22.6. The van der Waals surface area contributed by atoms with Gasteiger partial charge in [0.1, 0.15) is 6.61 Å². The first kappa shape index (κ1) is 11.0. The minimum atomic E-state index is -0.00472. The van der Waals surface area contributed by atoms with Crippen LogP contribution in [0.3, 0.4) is 0 Å². The molecule has 0 saturated carbocycles. The van der Waals surface area contributed by atoms with E-state index >= 15 is 0 Å². The Labute approximate surface area is 96.5 Å². The van der Waals surface area contributed by atoms with Crippen LogP contribution in [0.4, 0.5) is 0 Å². The van der Waals surface area contributed by atoms with E-state index in [-0.39, 0.29) is 11.6 Å². The minimum absolute atomic E-state index is 0.00472. The van der Waals surface area contributed by atoms with Gasteiger partial charge in [-0.05, 0) is 26.3 Å². The molecular weight excluding hydrogens is 200 g/mol. The summed E-state index contributed by atoms with van der Waals surface area (Å²) < 4.78 is 5.50. The molecule has 2 rings (SSSR count). The maximum atomic E-state index is 5.50. The first-order chi connectivity index (χ1) is 7.57. The Hall–Kier alpha value is -1.51. The SMILES string of the molecule is CC(N=C1NC(C)(C)CO1)c1ccccc1. The topological polar surface area (TPSA) is 33.6 Å². The van der Waals surface area contributed by atoms with Crippen molar-refractivity contribution in [1.82, 2.24) is 5.32 Å². The molecule has 3 heteroatoms. The van der Waals surface area contributed by atoms with Crippen LogP contribution in [-0.4, -0.2) is 18.2 Å². The Morgan fingerprint density at radius 3 is 2.56 bits per heavy atom. The van der Waals surface area contributed by atoms with Gasteiger partial charge in [0, 0.05) is 0 Å². The quantitative estimate of drug-likeness (QED) is 0.827. The van der Waals surface area contributed by atoms with Crippen LogP contribution in [0.15, 0.2) is 35.3 Å². The van der Waals surface area contributed by atoms with E-state index in [0.717, 1.165) is 0 Å². The Morgan fingerprint density at radius 2 is 2.00 bits per heavy atom. The van der Waals surface area contributed by atoms with Gasteiger partial charge in [-0.1, -0.05) is 30.3 Å². The fraction of sp³-hybridized carbons (Fsp3) is 0.462. The lowest BCUT2D eigenvalue weighted by atomic mass is 10.1. The highest BCUT2D eigenvalue weighted by Crippen LogP contribution is 2.18. The second-order valence-corrected chi connectivity index (χ2v) is 4.82. The monoisotopic (exact) mass is 218 g/mol. The second-order valence-electron chi connectivity index (χ2n) is 4.82. The van der Waals surface area contributed by atoms with Crippen molar-refractivity contribution in [1.29, 1.82) is 0 Å². The lowest BCUT2D eigenvalue weighted by Gasteiger charge is -2.13. The highest BCUT2D eigenvalue weighted by molar-refractivity contribution is 5.76. The van der Waals surface area contributed by atoms with Crippen molar-refractivity contribution in [2.45, 2.75) is 32.4 Å². The number of nitrogens with zero attached hydrogens (tertiary/aromatic N) is 1. The molecule has 1 N–H and O–H groups in total. The number of rotatable bonds is 2. The maximum absolute atomic E-state index is 5.50. The minimum Gasteiger partial charge on any atom is -0.463 e. The van der Waals surface area contributed by atoms with E-state index in [4.69, 9.17) is 4.74 Å². The van der Waals surface area contributed by atoms with Gasteiger partial charge in [-0.15, -0.1) is 0 Å². The number of aliphatic imine (C=N–C) groups is 1. The lowest BCUT2D eigenvalue weighted by molar-refractivity contribution is 0.287. The lowest BCUT2D eigenvalue weighted by Crippen LogP contribution is -2.37. The van der Waals surface area contributed by atoms with Crippen LogP contribution >= 0.6 is 0 Å². The van der Waals surface area contributed by atoms with Crippen molar-refractivity contribution in [2.75, 3.05) is 6.61 Å². The molecule has 0 radical (unpaired) electrons. The fourth-order valence-electron chi connectivity index (χ4n) is 1.66. The third-order valence-corrected chi connectivity index (χ3v) is 2.61. The summed E-state index contributed by atoms with van der Waals surface area (Å²) in [7, 11) is 0. The van der Waals surface area contributed by atoms with Crippen LogP contribution < -0.4 is 5.32 Å². The smallest absolute Gasteiger partial charge is 0.285 e. The second kappa shape index (κ2) is 4.16. The van der Waals surface area contributed by atoms with E-state index < -0.39 is 0 Å². The van der Waals surface area contributed by atoms with Crippen molar-refractivity contribution in [3.05, 3.63) is 35.9 Å². The summed E-state index contributed by atoms with van der Waals surface area (Å²) in [5, 5.41) is 3.26. The summed E-state index contributed by atoms with van der Waals surface area (Å²) in [4.78, 5) is 4.53. The average molecular weight is 218 g/mol. The predicted octanol–water partition coefficient (Wildman–Crippen LogP) is 2.50. The van der Waals surface area contributed by atoms with Crippen LogP contribution in [0.25, 0.3) is 0 Å². The molecular formula is C13H18N2O. The zero-order chi connectivity index (χ0) is 11.6.